The number of nitrogens with two attached hydrogens (primary N) is 1. The summed E-state index contributed by atoms with van der Waals surface area (Å²) in [5.74, 6) is -0.151. The summed E-state index contributed by atoms with van der Waals surface area (Å²) < 4.78 is 6.41. The zero-order valence-electron chi connectivity index (χ0n) is 10.2. The van der Waals surface area contributed by atoms with Crippen LogP contribution < -0.4 is 17.0 Å². The maximum absolute atomic E-state index is 11.9. The topological polar surface area (TPSA) is 159 Å². The molecule has 1 aliphatic rings. The number of hydrogen-bond acceptors (Lipinski definition) is 7. The quantitative estimate of drug-likeness (QED) is 0.412. The van der Waals surface area contributed by atoms with Crippen molar-refractivity contribution < 1.29 is 14.9 Å². The van der Waals surface area contributed by atoms with Crippen LogP contribution in [0.5, 0.6) is 0 Å². The molecule has 0 aromatic carbocycles. The molecule has 0 spiro atoms. The molecule has 2 aromatic heterocycles. The van der Waals surface area contributed by atoms with Gasteiger partial charge in [0.15, 0.2) is 17.4 Å². The van der Waals surface area contributed by atoms with Crippen LogP contribution in [0.3, 0.4) is 0 Å². The van der Waals surface area contributed by atoms with E-state index in [2.05, 4.69) is 15.0 Å². The van der Waals surface area contributed by atoms with E-state index in [0.717, 1.165) is 4.57 Å². The Bertz CT molecular complexity index is 761. The number of anilines is 1. The number of aromatic amines is 2. The van der Waals surface area contributed by atoms with Gasteiger partial charge in [0.25, 0.3) is 5.56 Å². The Morgan fingerprint density at radius 3 is 2.85 bits per heavy atom. The zero-order chi connectivity index (χ0) is 14.4. The van der Waals surface area contributed by atoms with Crippen LogP contribution in [-0.2, 0) is 4.74 Å². The van der Waals surface area contributed by atoms with E-state index in [0.29, 0.717) is 0 Å². The summed E-state index contributed by atoms with van der Waals surface area (Å²) in [6, 6.07) is 0. The van der Waals surface area contributed by atoms with E-state index < -0.39 is 29.7 Å². The largest absolute Gasteiger partial charge is 0.394 e. The van der Waals surface area contributed by atoms with E-state index in [1.54, 1.807) is 0 Å². The number of fused-ring (bicyclic) bond motifs is 1. The predicted octanol–water partition coefficient (Wildman–Crippen LogP) is -2.36. The number of aliphatic hydroxyl groups excluding tert-OH is 2. The lowest BCUT2D eigenvalue weighted by molar-refractivity contribution is -0.0502. The Kier molecular flexibility index (Phi) is 2.85. The lowest BCUT2D eigenvalue weighted by atomic mass is 10.2. The molecule has 1 aliphatic heterocycles. The fourth-order valence-corrected chi connectivity index (χ4v) is 2.34. The minimum Gasteiger partial charge on any atom is -0.394 e. The fourth-order valence-electron chi connectivity index (χ4n) is 2.34. The normalized spacial score (nSPS) is 26.4. The highest BCUT2D eigenvalue weighted by Gasteiger charge is 2.37. The molecular formula is C10H13N5O5. The van der Waals surface area contributed by atoms with Crippen LogP contribution in [0.1, 0.15) is 12.6 Å². The molecule has 108 valence electrons. The minimum absolute atomic E-state index is 0.00103. The maximum Gasteiger partial charge on any atom is 0.330 e. The summed E-state index contributed by atoms with van der Waals surface area (Å²) >= 11 is 0. The van der Waals surface area contributed by atoms with E-state index in [1.807, 2.05) is 0 Å². The van der Waals surface area contributed by atoms with Crippen molar-refractivity contribution in [3.05, 3.63) is 20.8 Å². The number of nitrogens with one attached hydrogen (secondary N) is 2. The molecule has 0 bridgehead atoms. The number of imidazole rings is 1. The number of aliphatic hydroxyl groups is 2. The van der Waals surface area contributed by atoms with Crippen LogP contribution in [0.15, 0.2) is 9.59 Å². The summed E-state index contributed by atoms with van der Waals surface area (Å²) in [6.45, 7) is -0.277. The van der Waals surface area contributed by atoms with Gasteiger partial charge in [-0.25, -0.2) is 9.36 Å². The highest BCUT2D eigenvalue weighted by molar-refractivity contribution is 5.70. The van der Waals surface area contributed by atoms with Gasteiger partial charge >= 0.3 is 5.69 Å². The molecule has 0 saturated carbocycles. The molecule has 20 heavy (non-hydrogen) atoms. The molecule has 6 N–H and O–H groups in total. The van der Waals surface area contributed by atoms with E-state index in [-0.39, 0.29) is 30.1 Å². The summed E-state index contributed by atoms with van der Waals surface area (Å²) in [6.07, 6.45) is -2.42. The third-order valence-electron chi connectivity index (χ3n) is 3.22. The molecule has 10 nitrogen and oxygen atoms in total. The first kappa shape index (κ1) is 12.8. The molecule has 1 fully saturated rings. The van der Waals surface area contributed by atoms with Gasteiger partial charge in [0, 0.05) is 6.42 Å². The van der Waals surface area contributed by atoms with Crippen LogP contribution in [0.2, 0.25) is 0 Å². The number of hydrogen-bond donors (Lipinski definition) is 5. The van der Waals surface area contributed by atoms with Crippen LogP contribution in [-0.4, -0.2) is 48.5 Å². The van der Waals surface area contributed by atoms with Crippen molar-refractivity contribution in [1.82, 2.24) is 19.5 Å². The first-order valence-electron chi connectivity index (χ1n) is 5.95. The average Bonchev–Trinajstić information content (AvgIpc) is 2.89. The molecular weight excluding hydrogens is 270 g/mol. The van der Waals surface area contributed by atoms with Crippen molar-refractivity contribution in [1.29, 1.82) is 0 Å². The summed E-state index contributed by atoms with van der Waals surface area (Å²) in [4.78, 5) is 32.1. The second kappa shape index (κ2) is 4.44. The molecule has 2 aromatic rings. The zero-order valence-corrected chi connectivity index (χ0v) is 10.2. The lowest BCUT2D eigenvalue weighted by Gasteiger charge is -2.15. The van der Waals surface area contributed by atoms with Crippen molar-refractivity contribution in [3.63, 3.8) is 0 Å². The van der Waals surface area contributed by atoms with Crippen molar-refractivity contribution in [2.24, 2.45) is 0 Å². The van der Waals surface area contributed by atoms with Gasteiger partial charge in [-0.2, -0.15) is 4.98 Å². The number of rotatable bonds is 2. The van der Waals surface area contributed by atoms with Crippen LogP contribution in [0.25, 0.3) is 11.2 Å². The molecule has 0 amide bonds. The highest BCUT2D eigenvalue weighted by Crippen LogP contribution is 2.29. The third kappa shape index (κ3) is 1.81. The van der Waals surface area contributed by atoms with Gasteiger partial charge in [-0.15, -0.1) is 0 Å². The van der Waals surface area contributed by atoms with E-state index in [1.165, 1.54) is 0 Å². The Hall–Kier alpha value is -2.17. The van der Waals surface area contributed by atoms with Crippen molar-refractivity contribution in [2.75, 3.05) is 12.3 Å². The monoisotopic (exact) mass is 283 g/mol. The SMILES string of the molecule is Nc1nc2c([nH]c(=O)n2[C@@H]2O[C@H](CO)C[C@@H]2O)c(=O)[nH]1. The van der Waals surface area contributed by atoms with Crippen molar-refractivity contribution in [3.8, 4) is 0 Å². The van der Waals surface area contributed by atoms with Crippen LogP contribution in [0, 0.1) is 0 Å². The number of nitrogens with zero attached hydrogens (tertiary/aromatic N) is 2. The highest BCUT2D eigenvalue weighted by atomic mass is 16.5. The number of nitrogen functional groups attached to an aromatic ring is 1. The van der Waals surface area contributed by atoms with Gasteiger partial charge in [-0.1, -0.05) is 0 Å². The fraction of sp³-hybridized carbons (Fsp3) is 0.500. The molecule has 3 rings (SSSR count). The Balaban J connectivity index is 2.19. The Labute approximate surface area is 110 Å². The molecule has 1 saturated heterocycles. The van der Waals surface area contributed by atoms with Gasteiger partial charge < -0.3 is 20.7 Å². The van der Waals surface area contributed by atoms with Gasteiger partial charge in [0.05, 0.1) is 12.7 Å². The predicted molar refractivity (Wildman–Crippen MR) is 67.0 cm³/mol. The lowest BCUT2D eigenvalue weighted by Crippen LogP contribution is -2.29. The van der Waals surface area contributed by atoms with Crippen LogP contribution in [0.4, 0.5) is 5.95 Å². The molecule has 10 heteroatoms. The molecule has 0 radical (unpaired) electrons. The summed E-state index contributed by atoms with van der Waals surface area (Å²) in [5, 5.41) is 19.0. The maximum atomic E-state index is 11.9. The van der Waals surface area contributed by atoms with E-state index in [9.17, 15) is 14.7 Å². The van der Waals surface area contributed by atoms with Gasteiger partial charge in [0.2, 0.25) is 5.95 Å². The first-order chi connectivity index (χ1) is 9.51. The summed E-state index contributed by atoms with van der Waals surface area (Å²) in [7, 11) is 0. The minimum atomic E-state index is -1.03. The second-order valence-electron chi connectivity index (χ2n) is 4.58. The van der Waals surface area contributed by atoms with Crippen LogP contribution >= 0.6 is 0 Å². The number of ether oxygens (including phenoxy) is 1. The van der Waals surface area contributed by atoms with Crippen molar-refractivity contribution in [2.45, 2.75) is 24.9 Å². The number of H-pyrrole nitrogens is 2. The first-order valence-corrected chi connectivity index (χ1v) is 5.95. The summed E-state index contributed by atoms with van der Waals surface area (Å²) in [5.41, 5.74) is 4.17. The van der Waals surface area contributed by atoms with Gasteiger partial charge in [-0.05, 0) is 0 Å². The van der Waals surface area contributed by atoms with E-state index >= 15 is 0 Å². The molecule has 0 aliphatic carbocycles. The average molecular weight is 283 g/mol. The van der Waals surface area contributed by atoms with Crippen molar-refractivity contribution >= 4 is 17.1 Å². The standard InChI is InChI=1S/C10H13N5O5/c11-9-13-6-5(7(18)14-9)12-10(19)15(6)8-4(17)1-3(2-16)20-8/h3-4,8,16-17H,1-2H2,(H,12,19)(H3,11,13,14,18)/t3-,4-,8+/m0/s1. The van der Waals surface area contributed by atoms with Gasteiger partial charge in [-0.3, -0.25) is 14.8 Å². The molecule has 3 atom stereocenters. The van der Waals surface area contributed by atoms with E-state index in [4.69, 9.17) is 15.6 Å². The molecule has 0 unspecified atom stereocenters. The third-order valence-corrected chi connectivity index (χ3v) is 3.22. The molecule has 3 heterocycles. The van der Waals surface area contributed by atoms with Gasteiger partial charge in [0.1, 0.15) is 6.10 Å². The Morgan fingerprint density at radius 2 is 2.20 bits per heavy atom. The Morgan fingerprint density at radius 1 is 1.45 bits per heavy atom. The second-order valence-corrected chi connectivity index (χ2v) is 4.58. The number of aromatic nitrogens is 4. The smallest absolute Gasteiger partial charge is 0.330 e.